The van der Waals surface area contributed by atoms with E-state index in [4.69, 9.17) is 4.42 Å². The Kier molecular flexibility index (Phi) is 5.54. The van der Waals surface area contributed by atoms with Gasteiger partial charge >= 0.3 is 11.9 Å². The number of hydrogen-bond acceptors (Lipinski definition) is 8. The number of hydrogen-bond donors (Lipinski definition) is 0. The van der Waals surface area contributed by atoms with E-state index in [0.29, 0.717) is 32.2 Å². The van der Waals surface area contributed by atoms with Gasteiger partial charge in [-0.05, 0) is 23.6 Å². The molecule has 0 radical (unpaired) electrons. The predicted molar refractivity (Wildman–Crippen MR) is 106 cm³/mol. The van der Waals surface area contributed by atoms with Crippen molar-refractivity contribution in [3.63, 3.8) is 0 Å². The Bertz CT molecular complexity index is 1130. The number of anilines is 1. The van der Waals surface area contributed by atoms with Crippen molar-refractivity contribution in [3.8, 4) is 10.8 Å². The van der Waals surface area contributed by atoms with Gasteiger partial charge in [0, 0.05) is 32.2 Å². The lowest BCUT2D eigenvalue weighted by atomic mass is 10.1. The number of nitro groups is 1. The maximum Gasteiger partial charge on any atom is 0.438 e. The highest BCUT2D eigenvalue weighted by atomic mass is 32.1. The van der Waals surface area contributed by atoms with E-state index in [1.54, 1.807) is 11.0 Å². The number of nitro benzene ring substituents is 1. The molecule has 13 heteroatoms. The highest BCUT2D eigenvalue weighted by Gasteiger charge is 2.34. The van der Waals surface area contributed by atoms with Crippen LogP contribution in [0.25, 0.3) is 10.8 Å². The Labute approximate surface area is 177 Å². The summed E-state index contributed by atoms with van der Waals surface area (Å²) in [5.74, 6) is -0.358. The number of alkyl halides is 3. The Balaban J connectivity index is 1.45. The van der Waals surface area contributed by atoms with Crippen LogP contribution in [0.15, 0.2) is 44.9 Å². The number of rotatable bonds is 5. The zero-order chi connectivity index (χ0) is 22.2. The van der Waals surface area contributed by atoms with E-state index in [0.717, 1.165) is 17.0 Å². The molecule has 31 heavy (non-hydrogen) atoms. The van der Waals surface area contributed by atoms with Crippen LogP contribution >= 0.6 is 11.3 Å². The summed E-state index contributed by atoms with van der Waals surface area (Å²) in [4.78, 5) is 26.9. The minimum absolute atomic E-state index is 0.135. The predicted octanol–water partition coefficient (Wildman–Crippen LogP) is 3.27. The number of piperazine rings is 1. The molecule has 1 aliphatic rings. The topological polar surface area (TPSA) is 97.7 Å². The Morgan fingerprint density at radius 3 is 2.55 bits per heavy atom. The Morgan fingerprint density at radius 1 is 1.19 bits per heavy atom. The molecular weight excluding hydrogens is 439 g/mol. The quantitative estimate of drug-likeness (QED) is 0.430. The largest absolute Gasteiger partial charge is 0.438 e. The Hall–Kier alpha value is -3.19. The molecule has 3 heterocycles. The number of nitrogens with zero attached hydrogens (tertiary/aromatic N) is 5. The van der Waals surface area contributed by atoms with Gasteiger partial charge in [-0.1, -0.05) is 6.07 Å². The first-order valence-corrected chi connectivity index (χ1v) is 10.0. The fourth-order valence-electron chi connectivity index (χ4n) is 3.33. The third kappa shape index (κ3) is 4.46. The molecule has 1 fully saturated rings. The van der Waals surface area contributed by atoms with Gasteiger partial charge in [-0.2, -0.15) is 17.9 Å². The van der Waals surface area contributed by atoms with E-state index in [9.17, 15) is 28.1 Å². The molecule has 164 valence electrons. The summed E-state index contributed by atoms with van der Waals surface area (Å²) in [6.07, 6.45) is -4.66. The molecule has 9 nitrogen and oxygen atoms in total. The second kappa shape index (κ2) is 8.15. The van der Waals surface area contributed by atoms with E-state index in [-0.39, 0.29) is 18.2 Å². The van der Waals surface area contributed by atoms with Gasteiger partial charge in [0.05, 0.1) is 15.4 Å². The summed E-state index contributed by atoms with van der Waals surface area (Å²) in [5, 5.41) is 17.4. The fourth-order valence-corrected chi connectivity index (χ4v) is 3.97. The second-order valence-electron chi connectivity index (χ2n) is 6.85. The van der Waals surface area contributed by atoms with Crippen LogP contribution in [-0.4, -0.2) is 45.8 Å². The first-order valence-electron chi connectivity index (χ1n) is 9.17. The van der Waals surface area contributed by atoms with E-state index < -0.39 is 28.1 Å². The maximum absolute atomic E-state index is 12.9. The van der Waals surface area contributed by atoms with Crippen LogP contribution in [0.4, 0.5) is 24.5 Å². The van der Waals surface area contributed by atoms with Gasteiger partial charge in [-0.15, -0.1) is 16.4 Å². The minimum atomic E-state index is -4.66. The van der Waals surface area contributed by atoms with Crippen LogP contribution in [0.5, 0.6) is 0 Å². The average molecular weight is 455 g/mol. The second-order valence-corrected chi connectivity index (χ2v) is 7.80. The van der Waals surface area contributed by atoms with Crippen molar-refractivity contribution in [2.24, 2.45) is 0 Å². The van der Waals surface area contributed by atoms with Gasteiger partial charge in [0.25, 0.3) is 11.6 Å². The van der Waals surface area contributed by atoms with Crippen molar-refractivity contribution in [2.75, 3.05) is 31.1 Å². The zero-order valence-corrected chi connectivity index (χ0v) is 16.7. The number of halogens is 3. The molecule has 1 saturated heterocycles. The van der Waals surface area contributed by atoms with Gasteiger partial charge in [0.1, 0.15) is 12.4 Å². The molecule has 3 aromatic rings. The van der Waals surface area contributed by atoms with Crippen LogP contribution in [0.2, 0.25) is 0 Å². The fraction of sp³-hybridized carbons (Fsp3) is 0.333. The van der Waals surface area contributed by atoms with Crippen molar-refractivity contribution >= 4 is 22.7 Å². The summed E-state index contributed by atoms with van der Waals surface area (Å²) in [6, 6.07) is 6.14. The summed E-state index contributed by atoms with van der Waals surface area (Å²) in [7, 11) is 0. The van der Waals surface area contributed by atoms with Gasteiger partial charge < -0.3 is 9.32 Å². The molecule has 0 unspecified atom stereocenters. The molecule has 0 bridgehead atoms. The van der Waals surface area contributed by atoms with Crippen LogP contribution < -0.4 is 10.7 Å². The standard InChI is InChI=1S/C18H16F3N5O4S/c19-18(20,21)12-3-4-13(14(10-12)26(28)29)24-7-5-23(6-8-24)11-25-17(27)30-16(22-25)15-2-1-9-31-15/h1-4,9-10H,5-8,11H2. The van der Waals surface area contributed by atoms with E-state index in [1.807, 2.05) is 16.3 Å². The first kappa shape index (κ1) is 21.1. The normalized spacial score (nSPS) is 15.4. The lowest BCUT2D eigenvalue weighted by molar-refractivity contribution is -0.384. The molecule has 1 aromatic carbocycles. The molecule has 1 aliphatic heterocycles. The van der Waals surface area contributed by atoms with Crippen molar-refractivity contribution in [1.82, 2.24) is 14.7 Å². The SMILES string of the molecule is O=c1oc(-c2cccs2)nn1CN1CCN(c2ccc(C(F)(F)F)cc2[N+](=O)[O-])CC1. The molecule has 0 spiro atoms. The van der Waals surface area contributed by atoms with Gasteiger partial charge in [0.15, 0.2) is 0 Å². The van der Waals surface area contributed by atoms with Crippen molar-refractivity contribution in [3.05, 3.63) is 61.9 Å². The molecule has 0 aliphatic carbocycles. The monoisotopic (exact) mass is 455 g/mol. The van der Waals surface area contributed by atoms with Crippen molar-refractivity contribution in [2.45, 2.75) is 12.8 Å². The lowest BCUT2D eigenvalue weighted by Crippen LogP contribution is -2.47. The minimum Gasteiger partial charge on any atom is -0.387 e. The molecule has 4 rings (SSSR count). The van der Waals surface area contributed by atoms with Crippen LogP contribution in [0.3, 0.4) is 0 Å². The van der Waals surface area contributed by atoms with Crippen LogP contribution in [-0.2, 0) is 12.8 Å². The lowest BCUT2D eigenvalue weighted by Gasteiger charge is -2.35. The van der Waals surface area contributed by atoms with Crippen molar-refractivity contribution in [1.29, 1.82) is 0 Å². The molecule has 0 saturated carbocycles. The third-order valence-electron chi connectivity index (χ3n) is 4.88. The zero-order valence-electron chi connectivity index (χ0n) is 15.9. The van der Waals surface area contributed by atoms with E-state index in [2.05, 4.69) is 5.10 Å². The average Bonchev–Trinajstić information content (AvgIpc) is 3.38. The molecule has 0 atom stereocenters. The van der Waals surface area contributed by atoms with Gasteiger partial charge in [-0.25, -0.2) is 4.79 Å². The smallest absolute Gasteiger partial charge is 0.387 e. The number of thiophene rings is 1. The van der Waals surface area contributed by atoms with E-state index >= 15 is 0 Å². The number of benzene rings is 1. The maximum atomic E-state index is 12.9. The highest BCUT2D eigenvalue weighted by Crippen LogP contribution is 2.36. The number of aromatic nitrogens is 2. The van der Waals surface area contributed by atoms with Crippen LogP contribution in [0, 0.1) is 10.1 Å². The highest BCUT2D eigenvalue weighted by molar-refractivity contribution is 7.13. The Morgan fingerprint density at radius 2 is 1.94 bits per heavy atom. The summed E-state index contributed by atoms with van der Waals surface area (Å²) in [6.45, 7) is 1.74. The summed E-state index contributed by atoms with van der Waals surface area (Å²) in [5.41, 5.74) is -1.51. The molecular formula is C18H16F3N5O4S. The summed E-state index contributed by atoms with van der Waals surface area (Å²) < 4.78 is 45.1. The van der Waals surface area contributed by atoms with Gasteiger partial charge in [-0.3, -0.25) is 15.0 Å². The van der Waals surface area contributed by atoms with Crippen LogP contribution in [0.1, 0.15) is 5.56 Å². The summed E-state index contributed by atoms with van der Waals surface area (Å²) >= 11 is 1.39. The molecule has 0 amide bonds. The molecule has 2 aromatic heterocycles. The van der Waals surface area contributed by atoms with Crippen molar-refractivity contribution < 1.29 is 22.5 Å². The van der Waals surface area contributed by atoms with Gasteiger partial charge in [0.2, 0.25) is 0 Å². The molecule has 0 N–H and O–H groups in total. The van der Waals surface area contributed by atoms with E-state index in [1.165, 1.54) is 16.0 Å². The third-order valence-corrected chi connectivity index (χ3v) is 5.74. The first-order chi connectivity index (χ1) is 14.7.